The van der Waals surface area contributed by atoms with E-state index in [-0.39, 0.29) is 11.3 Å². The molecule has 0 unspecified atom stereocenters. The summed E-state index contributed by atoms with van der Waals surface area (Å²) in [6, 6.07) is 15.8. The van der Waals surface area contributed by atoms with E-state index in [0.717, 1.165) is 53.7 Å². The quantitative estimate of drug-likeness (QED) is 0.298. The van der Waals surface area contributed by atoms with Crippen LogP contribution in [0.15, 0.2) is 59.0 Å². The van der Waals surface area contributed by atoms with Gasteiger partial charge in [-0.3, -0.25) is 14.9 Å². The van der Waals surface area contributed by atoms with Gasteiger partial charge in [0.1, 0.15) is 11.2 Å². The first-order chi connectivity index (χ1) is 16.4. The zero-order chi connectivity index (χ0) is 23.8. The van der Waals surface area contributed by atoms with Crippen LogP contribution in [-0.4, -0.2) is 28.9 Å². The molecule has 0 aliphatic carbocycles. The SMILES string of the molecule is Cc1cc2nc(-c3ccc(NC(=O)c4ccc(N5CCCC5)c([N+](=O)[O-])c4)cc3)oc2cc1C. The van der Waals surface area contributed by atoms with E-state index in [1.165, 1.54) is 6.07 Å². The van der Waals surface area contributed by atoms with Crippen LogP contribution in [0.4, 0.5) is 17.1 Å². The van der Waals surface area contributed by atoms with Crippen LogP contribution < -0.4 is 10.2 Å². The molecule has 1 aliphatic heterocycles. The molecule has 0 bridgehead atoms. The van der Waals surface area contributed by atoms with E-state index < -0.39 is 10.8 Å². The highest BCUT2D eigenvalue weighted by atomic mass is 16.6. The van der Waals surface area contributed by atoms with Crippen molar-refractivity contribution in [2.45, 2.75) is 26.7 Å². The third kappa shape index (κ3) is 4.10. The molecule has 8 nitrogen and oxygen atoms in total. The van der Waals surface area contributed by atoms with Crippen molar-refractivity contribution < 1.29 is 14.1 Å². The maximum atomic E-state index is 12.8. The topological polar surface area (TPSA) is 102 Å². The number of anilines is 2. The number of carbonyl (C=O) groups is 1. The van der Waals surface area contributed by atoms with Crippen molar-refractivity contribution in [2.24, 2.45) is 0 Å². The fourth-order valence-corrected chi connectivity index (χ4v) is 4.24. The standard InChI is InChI=1S/C26H24N4O4/c1-16-13-21-24(14-17(16)2)34-26(28-21)18-5-8-20(9-6-18)27-25(31)19-7-10-22(23(15-19)30(32)33)29-11-3-4-12-29/h5-10,13-15H,3-4,11-12H2,1-2H3,(H,27,31). The summed E-state index contributed by atoms with van der Waals surface area (Å²) >= 11 is 0. The average Bonchev–Trinajstić information content (AvgIpc) is 3.50. The molecule has 34 heavy (non-hydrogen) atoms. The molecule has 2 heterocycles. The molecule has 0 saturated carbocycles. The predicted molar refractivity (Wildman–Crippen MR) is 131 cm³/mol. The van der Waals surface area contributed by atoms with Gasteiger partial charge in [0, 0.05) is 36.0 Å². The molecule has 1 saturated heterocycles. The van der Waals surface area contributed by atoms with E-state index in [1.54, 1.807) is 24.3 Å². The van der Waals surface area contributed by atoms with Crippen molar-refractivity contribution in [1.29, 1.82) is 0 Å². The molecule has 4 aromatic rings. The van der Waals surface area contributed by atoms with E-state index in [9.17, 15) is 14.9 Å². The Balaban J connectivity index is 1.34. The van der Waals surface area contributed by atoms with Crippen molar-refractivity contribution in [3.8, 4) is 11.5 Å². The number of carbonyl (C=O) groups excluding carboxylic acids is 1. The highest BCUT2D eigenvalue weighted by Crippen LogP contribution is 2.32. The van der Waals surface area contributed by atoms with Gasteiger partial charge in [-0.25, -0.2) is 4.98 Å². The highest BCUT2D eigenvalue weighted by molar-refractivity contribution is 6.05. The largest absolute Gasteiger partial charge is 0.436 e. The molecule has 0 radical (unpaired) electrons. The summed E-state index contributed by atoms with van der Waals surface area (Å²) in [7, 11) is 0. The van der Waals surface area contributed by atoms with Crippen molar-refractivity contribution in [3.05, 3.63) is 81.4 Å². The van der Waals surface area contributed by atoms with Gasteiger partial charge in [0.25, 0.3) is 11.6 Å². The van der Waals surface area contributed by atoms with Gasteiger partial charge in [0.15, 0.2) is 5.58 Å². The fraction of sp³-hybridized carbons (Fsp3) is 0.231. The molecule has 0 atom stereocenters. The Labute approximate surface area is 196 Å². The molecule has 1 fully saturated rings. The smallest absolute Gasteiger partial charge is 0.293 e. The highest BCUT2D eigenvalue weighted by Gasteiger charge is 2.24. The number of nitrogens with one attached hydrogen (secondary N) is 1. The summed E-state index contributed by atoms with van der Waals surface area (Å²) in [5.41, 5.74) is 5.93. The number of oxazole rings is 1. The van der Waals surface area contributed by atoms with Gasteiger partial charge in [-0.15, -0.1) is 0 Å². The van der Waals surface area contributed by atoms with Crippen LogP contribution in [0.3, 0.4) is 0 Å². The van der Waals surface area contributed by atoms with Crippen LogP contribution in [0.1, 0.15) is 34.3 Å². The molecular formula is C26H24N4O4. The van der Waals surface area contributed by atoms with E-state index in [4.69, 9.17) is 4.42 Å². The molecule has 172 valence electrons. The lowest BCUT2D eigenvalue weighted by molar-refractivity contribution is -0.384. The number of nitrogens with zero attached hydrogens (tertiary/aromatic N) is 3. The predicted octanol–water partition coefficient (Wildman–Crippen LogP) is 5.87. The molecule has 8 heteroatoms. The van der Waals surface area contributed by atoms with Gasteiger partial charge >= 0.3 is 0 Å². The Bertz CT molecular complexity index is 1360. The molecular weight excluding hydrogens is 432 g/mol. The normalized spacial score (nSPS) is 13.4. The Kier molecular flexibility index (Phi) is 5.49. The van der Waals surface area contributed by atoms with Gasteiger partial charge in [-0.1, -0.05) is 0 Å². The van der Waals surface area contributed by atoms with Crippen molar-refractivity contribution >= 4 is 34.1 Å². The minimum Gasteiger partial charge on any atom is -0.436 e. The number of nitro groups is 1. The number of rotatable bonds is 5. The first-order valence-corrected chi connectivity index (χ1v) is 11.2. The lowest BCUT2D eigenvalue weighted by Crippen LogP contribution is -2.19. The van der Waals surface area contributed by atoms with Crippen molar-refractivity contribution in [2.75, 3.05) is 23.3 Å². The number of nitro benzene ring substituents is 1. The van der Waals surface area contributed by atoms with Crippen LogP contribution in [0, 0.1) is 24.0 Å². The third-order valence-electron chi connectivity index (χ3n) is 6.27. The van der Waals surface area contributed by atoms with Gasteiger partial charge in [0.05, 0.1) is 4.92 Å². The zero-order valence-corrected chi connectivity index (χ0v) is 19.0. The minimum absolute atomic E-state index is 0.0497. The Morgan fingerprint density at radius 3 is 2.44 bits per heavy atom. The van der Waals surface area contributed by atoms with Crippen molar-refractivity contribution in [3.63, 3.8) is 0 Å². The summed E-state index contributed by atoms with van der Waals surface area (Å²) < 4.78 is 5.90. The molecule has 5 rings (SSSR count). The van der Waals surface area contributed by atoms with E-state index in [2.05, 4.69) is 10.3 Å². The second-order valence-corrected chi connectivity index (χ2v) is 8.61. The lowest BCUT2D eigenvalue weighted by atomic mass is 10.1. The van der Waals surface area contributed by atoms with Gasteiger partial charge in [-0.2, -0.15) is 0 Å². The van der Waals surface area contributed by atoms with Gasteiger partial charge < -0.3 is 14.6 Å². The third-order valence-corrected chi connectivity index (χ3v) is 6.27. The minimum atomic E-state index is -0.428. The van der Waals surface area contributed by atoms with Crippen LogP contribution in [0.5, 0.6) is 0 Å². The van der Waals surface area contributed by atoms with Crippen LogP contribution >= 0.6 is 0 Å². The number of aryl methyl sites for hydroxylation is 2. The number of benzene rings is 3. The number of hydrogen-bond acceptors (Lipinski definition) is 6. The molecule has 0 spiro atoms. The molecule has 1 aliphatic rings. The van der Waals surface area contributed by atoms with Crippen LogP contribution in [-0.2, 0) is 0 Å². The Morgan fingerprint density at radius 2 is 1.74 bits per heavy atom. The maximum absolute atomic E-state index is 12.8. The van der Waals surface area contributed by atoms with Crippen LogP contribution in [0.2, 0.25) is 0 Å². The Hall–Kier alpha value is -4.20. The summed E-state index contributed by atoms with van der Waals surface area (Å²) in [6.07, 6.45) is 2.02. The number of aromatic nitrogens is 1. The zero-order valence-electron chi connectivity index (χ0n) is 19.0. The van der Waals surface area contributed by atoms with Gasteiger partial charge in [0.2, 0.25) is 5.89 Å². The lowest BCUT2D eigenvalue weighted by Gasteiger charge is -2.17. The summed E-state index contributed by atoms with van der Waals surface area (Å²) in [4.78, 5) is 30.5. The molecule has 3 aromatic carbocycles. The summed E-state index contributed by atoms with van der Waals surface area (Å²) in [5, 5.41) is 14.4. The van der Waals surface area contributed by atoms with Crippen LogP contribution in [0.25, 0.3) is 22.6 Å². The fourth-order valence-electron chi connectivity index (χ4n) is 4.24. The number of fused-ring (bicyclic) bond motifs is 1. The number of amides is 1. The second kappa shape index (κ2) is 8.62. The van der Waals surface area contributed by atoms with E-state index in [0.29, 0.717) is 17.3 Å². The molecule has 1 amide bonds. The first kappa shape index (κ1) is 21.6. The monoisotopic (exact) mass is 456 g/mol. The molecule has 1 N–H and O–H groups in total. The summed E-state index contributed by atoms with van der Waals surface area (Å²) in [6.45, 7) is 5.65. The number of hydrogen-bond donors (Lipinski definition) is 1. The van der Waals surface area contributed by atoms with E-state index in [1.807, 2.05) is 43.0 Å². The maximum Gasteiger partial charge on any atom is 0.293 e. The first-order valence-electron chi connectivity index (χ1n) is 11.2. The molecule has 1 aromatic heterocycles. The second-order valence-electron chi connectivity index (χ2n) is 8.61. The van der Waals surface area contributed by atoms with E-state index >= 15 is 0 Å². The summed E-state index contributed by atoms with van der Waals surface area (Å²) in [5.74, 6) is 0.0997. The Morgan fingerprint density at radius 1 is 1.03 bits per heavy atom. The van der Waals surface area contributed by atoms with Crippen molar-refractivity contribution in [1.82, 2.24) is 4.98 Å². The average molecular weight is 457 g/mol. The van der Waals surface area contributed by atoms with Gasteiger partial charge in [-0.05, 0) is 86.3 Å².